The van der Waals surface area contributed by atoms with Crippen molar-refractivity contribution in [1.82, 2.24) is 9.78 Å². The molecule has 12 nitrogen and oxygen atoms in total. The summed E-state index contributed by atoms with van der Waals surface area (Å²) >= 11 is 0. The number of aromatic nitrogens is 2. The van der Waals surface area contributed by atoms with Gasteiger partial charge in [-0.3, -0.25) is 0 Å². The fourth-order valence-electron chi connectivity index (χ4n) is 3.30. The van der Waals surface area contributed by atoms with Crippen molar-refractivity contribution in [2.45, 2.75) is 16.7 Å². The summed E-state index contributed by atoms with van der Waals surface area (Å²) < 4.78 is 69.6. The van der Waals surface area contributed by atoms with E-state index in [2.05, 4.69) is 15.3 Å². The Morgan fingerprint density at radius 3 is 2.08 bits per heavy atom. The van der Waals surface area contributed by atoms with E-state index in [0.29, 0.717) is 0 Å². The second-order valence-corrected chi connectivity index (χ2v) is 9.79. The zero-order chi connectivity index (χ0) is 24.8. The molecule has 1 aromatic heterocycles. The van der Waals surface area contributed by atoms with E-state index in [1.807, 2.05) is 0 Å². The van der Waals surface area contributed by atoms with E-state index in [9.17, 15) is 36.2 Å². The molecule has 4 aromatic rings. The first-order valence-corrected chi connectivity index (χ1v) is 12.2. The number of hydrogen-bond acceptors (Lipinski definition) is 11. The average Bonchev–Trinajstić information content (AvgIpc) is 3.05. The Morgan fingerprint density at radius 1 is 0.861 bits per heavy atom. The van der Waals surface area contributed by atoms with Crippen LogP contribution in [0.3, 0.4) is 0 Å². The van der Waals surface area contributed by atoms with Crippen molar-refractivity contribution in [3.05, 3.63) is 60.3 Å². The van der Waals surface area contributed by atoms with E-state index in [-0.39, 0.29) is 80.4 Å². The van der Waals surface area contributed by atoms with Crippen LogP contribution >= 0.6 is 0 Å². The smallest absolute Gasteiger partial charge is 0.744 e. The molecule has 0 atom stereocenters. The quantitative estimate of drug-likeness (QED) is 0.186. The number of rotatable bonds is 5. The first-order chi connectivity index (χ1) is 15.9. The molecular weight excluding hydrogens is 563 g/mol. The van der Waals surface area contributed by atoms with E-state index < -0.39 is 41.7 Å². The van der Waals surface area contributed by atoms with Crippen LogP contribution in [-0.4, -0.2) is 45.9 Å². The van der Waals surface area contributed by atoms with Gasteiger partial charge in [0.05, 0.1) is 21.2 Å². The molecular formula is C20H14CrN4NaO8S2-. The molecule has 0 amide bonds. The molecule has 0 saturated carbocycles. The molecule has 0 unspecified atom stereocenters. The number of phenols is 1. The number of benzene rings is 3. The minimum absolute atomic E-state index is 0. The van der Waals surface area contributed by atoms with Crippen molar-refractivity contribution in [3.63, 3.8) is 0 Å². The van der Waals surface area contributed by atoms with Crippen LogP contribution in [0.4, 0.5) is 11.4 Å². The van der Waals surface area contributed by atoms with Gasteiger partial charge in [-0.1, -0.05) is 30.3 Å². The van der Waals surface area contributed by atoms with E-state index in [1.165, 1.54) is 37.3 Å². The Bertz CT molecular complexity index is 1710. The summed E-state index contributed by atoms with van der Waals surface area (Å²) in [5, 5.41) is 33.0. The van der Waals surface area contributed by atoms with Crippen molar-refractivity contribution in [2.24, 2.45) is 10.2 Å². The Kier molecular flexibility index (Phi) is 9.12. The van der Waals surface area contributed by atoms with Crippen LogP contribution in [0, 0.1) is 6.92 Å². The Labute approximate surface area is 238 Å². The number of hydrogen-bond donors (Lipinski definition) is 2. The van der Waals surface area contributed by atoms with E-state index >= 15 is 0 Å². The fraction of sp³-hybridized carbons (Fsp3) is 0.0500. The number of aryl methyl sites for hydroxylation is 1. The topological polar surface area (TPSA) is 197 Å². The molecule has 4 rings (SSSR count). The largest absolute Gasteiger partial charge is 1.00 e. The molecule has 0 radical (unpaired) electrons. The van der Waals surface area contributed by atoms with Gasteiger partial charge in [0.1, 0.15) is 31.7 Å². The second-order valence-electron chi connectivity index (χ2n) is 7.06. The monoisotopic (exact) mass is 577 g/mol. The van der Waals surface area contributed by atoms with Gasteiger partial charge < -0.3 is 19.3 Å². The predicted octanol–water partition coefficient (Wildman–Crippen LogP) is -0.0298. The molecule has 0 fully saturated rings. The van der Waals surface area contributed by atoms with Crippen LogP contribution in [0.2, 0.25) is 0 Å². The number of aromatic hydroxyl groups is 2. The Hall–Kier alpha value is -2.32. The van der Waals surface area contributed by atoms with Gasteiger partial charge in [0, 0.05) is 34.2 Å². The van der Waals surface area contributed by atoms with Gasteiger partial charge in [-0.2, -0.15) is 9.78 Å². The minimum Gasteiger partial charge on any atom is -0.744 e. The van der Waals surface area contributed by atoms with Crippen LogP contribution in [0.1, 0.15) is 5.69 Å². The molecule has 0 aliphatic carbocycles. The second kappa shape index (κ2) is 11.0. The molecule has 0 spiro atoms. The van der Waals surface area contributed by atoms with Crippen LogP contribution < -0.4 is 29.6 Å². The summed E-state index contributed by atoms with van der Waals surface area (Å²) in [5.41, 5.74) is -0.0650. The SMILES string of the molecule is Cc1nn(-c2cccc(S(=O)(=O)[O-])c2)c(O)c1N=Nc1c(O)cc(S(=O)(=O)[O-])c2ccccc12.[Cr].[Na+]. The molecule has 3 aromatic carbocycles. The molecule has 16 heteroatoms. The maximum atomic E-state index is 11.6. The zero-order valence-corrected chi connectivity index (χ0v) is 23.5. The molecule has 2 N–H and O–H groups in total. The fourth-order valence-corrected chi connectivity index (χ4v) is 4.51. The number of phenolic OH excluding ortho intramolecular Hbond substituents is 1. The predicted molar refractivity (Wildman–Crippen MR) is 116 cm³/mol. The average molecular weight is 577 g/mol. The number of fused-ring (bicyclic) bond motifs is 1. The van der Waals surface area contributed by atoms with Gasteiger partial charge in [-0.05, 0) is 25.1 Å². The summed E-state index contributed by atoms with van der Waals surface area (Å²) in [4.78, 5) is -1.15. The van der Waals surface area contributed by atoms with Crippen molar-refractivity contribution in [2.75, 3.05) is 0 Å². The van der Waals surface area contributed by atoms with Crippen molar-refractivity contribution in [3.8, 4) is 17.3 Å². The van der Waals surface area contributed by atoms with Crippen LogP contribution in [0.25, 0.3) is 16.5 Å². The van der Waals surface area contributed by atoms with E-state index in [0.717, 1.165) is 22.9 Å². The van der Waals surface area contributed by atoms with E-state index in [1.54, 1.807) is 6.07 Å². The van der Waals surface area contributed by atoms with Gasteiger partial charge in [-0.25, -0.2) is 16.8 Å². The van der Waals surface area contributed by atoms with Gasteiger partial charge in [0.25, 0.3) is 0 Å². The molecule has 0 saturated heterocycles. The third-order valence-corrected chi connectivity index (χ3v) is 6.54. The zero-order valence-electron chi connectivity index (χ0n) is 18.6. The molecule has 0 aliphatic heterocycles. The van der Waals surface area contributed by atoms with Crippen LogP contribution in [-0.2, 0) is 37.6 Å². The first-order valence-electron chi connectivity index (χ1n) is 9.35. The van der Waals surface area contributed by atoms with Gasteiger partial charge in [0.2, 0.25) is 5.88 Å². The molecule has 0 aliphatic rings. The van der Waals surface area contributed by atoms with Crippen molar-refractivity contribution < 1.29 is 83.1 Å². The normalized spacial score (nSPS) is 11.9. The van der Waals surface area contributed by atoms with Crippen molar-refractivity contribution >= 4 is 42.4 Å². The summed E-state index contributed by atoms with van der Waals surface area (Å²) in [6.07, 6.45) is 0. The summed E-state index contributed by atoms with van der Waals surface area (Å²) in [7, 11) is -9.63. The van der Waals surface area contributed by atoms with Gasteiger partial charge >= 0.3 is 29.6 Å². The van der Waals surface area contributed by atoms with Crippen LogP contribution in [0.15, 0.2) is 74.6 Å². The summed E-state index contributed by atoms with van der Waals surface area (Å²) in [5.74, 6) is -1.17. The Morgan fingerprint density at radius 2 is 1.47 bits per heavy atom. The summed E-state index contributed by atoms with van der Waals surface area (Å²) in [6, 6.07) is 11.4. The minimum atomic E-state index is -4.89. The van der Waals surface area contributed by atoms with E-state index in [4.69, 9.17) is 0 Å². The van der Waals surface area contributed by atoms with Gasteiger partial charge in [-0.15, -0.1) is 10.2 Å². The molecule has 1 heterocycles. The van der Waals surface area contributed by atoms with Crippen molar-refractivity contribution in [1.29, 1.82) is 0 Å². The van der Waals surface area contributed by atoms with Gasteiger partial charge in [0.15, 0.2) is 5.69 Å². The van der Waals surface area contributed by atoms with Crippen LogP contribution in [0.5, 0.6) is 11.6 Å². The molecule has 182 valence electrons. The first kappa shape index (κ1) is 29.9. The standard InChI is InChI=1S/C20H16N4O8S2.Cr.Na/c1-11-18(20(26)24(23-11)12-5-4-6-13(9-12)33(27,28)29)21-22-19-15-8-3-2-7-14(15)17(10-16(19)25)34(30,31)32;;/h2-10,25-26H,1H3,(H,27,28,29)(H,30,31,32);;/q;;+1/p-2. The molecule has 36 heavy (non-hydrogen) atoms. The third-order valence-electron chi connectivity index (χ3n) is 4.83. The number of azo groups is 1. The number of nitrogens with zero attached hydrogens (tertiary/aromatic N) is 4. The molecule has 0 bridgehead atoms. The summed E-state index contributed by atoms with van der Waals surface area (Å²) in [6.45, 7) is 1.48. The maximum absolute atomic E-state index is 11.6. The maximum Gasteiger partial charge on any atom is 1.00 e. The third kappa shape index (κ3) is 5.80. The Balaban J connectivity index is 0.00000228.